The minimum atomic E-state index is -0.422. The van der Waals surface area contributed by atoms with Crippen molar-refractivity contribution in [1.29, 1.82) is 0 Å². The standard InChI is InChI=1S/C6H11N2O.C6H8N2O.2CH2O2.2H2O.Zn/c2*7-6(9)5-2-1-3-8-4-5;2*2-1-3;;;/h5H,1-4H2,(H2,7,9);1-2,4H,3H2,(H3,7,8,9);2*1H,(H,2,3);2*1H2;/q-1;;;;;;+2/p+1. The van der Waals surface area contributed by atoms with Crippen molar-refractivity contribution in [3.8, 4) is 0 Å². The monoisotopic (exact) mass is 444 g/mol. The van der Waals surface area contributed by atoms with E-state index in [-0.39, 0.29) is 55.2 Å². The van der Waals surface area contributed by atoms with Gasteiger partial charge >= 0.3 is 19.5 Å². The molecule has 2 aliphatic heterocycles. The fraction of sp³-hybridized carbons (Fsp3) is 0.429. The second kappa shape index (κ2) is 25.9. The van der Waals surface area contributed by atoms with Crippen LogP contribution in [0.3, 0.4) is 0 Å². The fourth-order valence-corrected chi connectivity index (χ4v) is 1.60. The molecule has 1 fully saturated rings. The number of carbonyl (C=O) groups excluding carboxylic acids is 2. The van der Waals surface area contributed by atoms with Crippen LogP contribution < -0.4 is 11.5 Å². The Hall–Kier alpha value is -2.34. The van der Waals surface area contributed by atoms with E-state index in [0.717, 1.165) is 19.4 Å². The first-order valence-electron chi connectivity index (χ1n) is 6.85. The molecule has 12 N–H and O–H groups in total. The van der Waals surface area contributed by atoms with Crippen LogP contribution >= 0.6 is 0 Å². The minimum Gasteiger partial charge on any atom is -0.687 e. The van der Waals surface area contributed by atoms with Gasteiger partial charge in [0.2, 0.25) is 11.8 Å². The van der Waals surface area contributed by atoms with Crippen LogP contribution in [0.1, 0.15) is 12.8 Å². The first kappa shape index (κ1) is 35.7. The topological polar surface area (TPSA) is 255 Å². The van der Waals surface area contributed by atoms with Crippen molar-refractivity contribution < 1.29 is 59.8 Å². The van der Waals surface area contributed by atoms with Crippen molar-refractivity contribution in [2.24, 2.45) is 17.4 Å². The van der Waals surface area contributed by atoms with E-state index >= 15 is 0 Å². The summed E-state index contributed by atoms with van der Waals surface area (Å²) in [6.07, 6.45) is 6.91. The normalized spacial score (nSPS) is 15.6. The molecule has 1 atom stereocenters. The number of carbonyl (C=O) groups is 4. The van der Waals surface area contributed by atoms with Gasteiger partial charge in [0, 0.05) is 11.5 Å². The summed E-state index contributed by atoms with van der Waals surface area (Å²) in [5.41, 5.74) is 10.5. The molecule has 0 spiro atoms. The van der Waals surface area contributed by atoms with Crippen LogP contribution in [0.15, 0.2) is 23.9 Å². The molecule has 0 bridgehead atoms. The maximum atomic E-state index is 10.5. The fourth-order valence-electron chi connectivity index (χ4n) is 1.60. The van der Waals surface area contributed by atoms with Crippen molar-refractivity contribution in [3.63, 3.8) is 0 Å². The number of nitrogens with two attached hydrogens (primary N) is 2. The summed E-state index contributed by atoms with van der Waals surface area (Å²) in [6.45, 7) is 1.70. The maximum Gasteiger partial charge on any atom is 2.00 e. The number of rotatable bonds is 2. The Kier molecular flexibility index (Phi) is 34.3. The molecule has 152 valence electrons. The van der Waals surface area contributed by atoms with E-state index in [1.807, 2.05) is 0 Å². The Morgan fingerprint density at radius 2 is 1.67 bits per heavy atom. The van der Waals surface area contributed by atoms with Crippen molar-refractivity contribution in [3.05, 3.63) is 34.6 Å². The van der Waals surface area contributed by atoms with Gasteiger partial charge in [0.1, 0.15) is 0 Å². The van der Waals surface area contributed by atoms with Crippen molar-refractivity contribution in [2.75, 3.05) is 19.6 Å². The van der Waals surface area contributed by atoms with Crippen LogP contribution in [0.25, 0.3) is 10.6 Å². The predicted molar refractivity (Wildman–Crippen MR) is 96.8 cm³/mol. The van der Waals surface area contributed by atoms with E-state index in [1.165, 1.54) is 6.20 Å². The quantitative estimate of drug-likeness (QED) is 0.214. The Labute approximate surface area is 169 Å². The summed E-state index contributed by atoms with van der Waals surface area (Å²) in [5.74, 6) is -0.591. The summed E-state index contributed by atoms with van der Waals surface area (Å²) in [5, 5.41) is 21.7. The molecule has 1 unspecified atom stereocenters. The number of nitrogens with zero attached hydrogens (tertiary/aromatic N) is 2. The molecule has 0 aromatic rings. The minimum absolute atomic E-state index is 0. The van der Waals surface area contributed by atoms with E-state index in [4.69, 9.17) is 31.3 Å². The number of primary amides is 2. The summed E-state index contributed by atoms with van der Waals surface area (Å²) in [7, 11) is 0. The van der Waals surface area contributed by atoms with Crippen LogP contribution in [0, 0.1) is 5.92 Å². The average molecular weight is 446 g/mol. The molecule has 27 heavy (non-hydrogen) atoms. The van der Waals surface area contributed by atoms with Crippen molar-refractivity contribution in [2.45, 2.75) is 12.8 Å². The zero-order chi connectivity index (χ0) is 18.8. The molecule has 0 radical (unpaired) electrons. The zero-order valence-electron chi connectivity index (χ0n) is 14.9. The van der Waals surface area contributed by atoms with E-state index in [0.29, 0.717) is 18.7 Å². The first-order chi connectivity index (χ1) is 11.4. The van der Waals surface area contributed by atoms with Gasteiger partial charge in [-0.1, -0.05) is 12.5 Å². The van der Waals surface area contributed by atoms with Crippen LogP contribution in [0.4, 0.5) is 0 Å². The first-order valence-corrected chi connectivity index (χ1v) is 6.85. The van der Waals surface area contributed by atoms with Crippen LogP contribution in [0.5, 0.6) is 0 Å². The molecule has 0 saturated carbocycles. The van der Waals surface area contributed by atoms with Crippen LogP contribution in [-0.2, 0) is 49.6 Å². The third kappa shape index (κ3) is 23.7. The molecule has 2 amide bonds. The molecule has 2 heterocycles. The van der Waals surface area contributed by atoms with Crippen LogP contribution in [0.2, 0.25) is 0 Å². The zero-order valence-corrected chi connectivity index (χ0v) is 17.9. The number of hydrogen-bond donors (Lipinski definition) is 4. The van der Waals surface area contributed by atoms with Gasteiger partial charge in [-0.25, -0.2) is 0 Å². The molecule has 13 heteroatoms. The third-order valence-corrected chi connectivity index (χ3v) is 2.64. The molecule has 12 nitrogen and oxygen atoms in total. The summed E-state index contributed by atoms with van der Waals surface area (Å²) in [6, 6.07) is 0. The molecular weight excluding hydrogens is 418 g/mol. The van der Waals surface area contributed by atoms with Gasteiger partial charge in [-0.15, -0.1) is 25.7 Å². The van der Waals surface area contributed by atoms with Gasteiger partial charge < -0.3 is 43.3 Å². The predicted octanol–water partition coefficient (Wildman–Crippen LogP) is -1.89. The Balaban J connectivity index is -0.0000000856. The smallest absolute Gasteiger partial charge is 0.687 e. The van der Waals surface area contributed by atoms with E-state index < -0.39 is 5.91 Å². The third-order valence-electron chi connectivity index (χ3n) is 2.64. The Morgan fingerprint density at radius 3 is 1.89 bits per heavy atom. The van der Waals surface area contributed by atoms with Gasteiger partial charge in [-0.2, -0.15) is 6.20 Å². The van der Waals surface area contributed by atoms with E-state index in [9.17, 15) is 9.59 Å². The molecule has 0 aromatic heterocycles. The van der Waals surface area contributed by atoms with Gasteiger partial charge in [0.15, 0.2) is 0 Å². The molecule has 0 aliphatic carbocycles. The molecule has 1 saturated heterocycles. The van der Waals surface area contributed by atoms with Crippen molar-refractivity contribution in [1.82, 2.24) is 0 Å². The largest absolute Gasteiger partial charge is 2.00 e. The second-order valence-electron chi connectivity index (χ2n) is 4.30. The maximum absolute atomic E-state index is 10.5. The average Bonchev–Trinajstić information content (AvgIpc) is 2.58. The molecule has 2 aliphatic rings. The second-order valence-corrected chi connectivity index (χ2v) is 4.30. The Morgan fingerprint density at radius 1 is 1.15 bits per heavy atom. The Bertz CT molecular complexity index is 448. The number of hydrogen-bond acceptors (Lipinski definition) is 4. The van der Waals surface area contributed by atoms with Crippen LogP contribution in [-0.4, -0.2) is 54.6 Å². The summed E-state index contributed by atoms with van der Waals surface area (Å²) in [4.78, 5) is 37.6. The van der Waals surface area contributed by atoms with E-state index in [1.54, 1.807) is 12.2 Å². The summed E-state index contributed by atoms with van der Waals surface area (Å²) < 4.78 is 0. The van der Waals surface area contributed by atoms with Gasteiger partial charge in [0.25, 0.3) is 12.9 Å². The molecule has 2 rings (SSSR count). The summed E-state index contributed by atoms with van der Waals surface area (Å²) >= 11 is 0. The molecular formula is C14H28N4O8Zn+2. The number of amides is 2. The van der Waals surface area contributed by atoms with E-state index in [2.05, 4.69) is 10.6 Å². The number of carboxylic acid groups (broad SMARTS) is 2. The number of piperidine rings is 1. The van der Waals surface area contributed by atoms with Gasteiger partial charge in [-0.3, -0.25) is 19.2 Å². The molecule has 0 aromatic carbocycles. The van der Waals surface area contributed by atoms with Gasteiger partial charge in [0.05, 0.1) is 0 Å². The van der Waals surface area contributed by atoms with Crippen molar-refractivity contribution >= 4 is 24.8 Å². The SMILES string of the molecule is NC(=O)C1=C[N-]CC=C1.NC(=O)C1CCC[N-]C1.O=CO.O=CO.[OH3+].[OH3+].[Zn+2]. The van der Waals surface area contributed by atoms with Gasteiger partial charge in [-0.05, 0) is 6.42 Å².